The van der Waals surface area contributed by atoms with Crippen LogP contribution in [0.5, 0.6) is 0 Å². The fraction of sp³-hybridized carbons (Fsp3) is 0.250. The van der Waals surface area contributed by atoms with Crippen LogP contribution in [-0.4, -0.2) is 0 Å². The van der Waals surface area contributed by atoms with Crippen molar-refractivity contribution in [2.45, 2.75) is 56.0 Å². The van der Waals surface area contributed by atoms with Gasteiger partial charge in [0.1, 0.15) is 0 Å². The quantitative estimate of drug-likeness (QED) is 0.170. The van der Waals surface area contributed by atoms with Crippen LogP contribution in [0, 0.1) is 19.8 Å². The Hall–Kier alpha value is -2.24. The number of hydrogen-bond donors (Lipinski definition) is 0. The predicted octanol–water partition coefficient (Wildman–Crippen LogP) is 10.2. The van der Waals surface area contributed by atoms with Crippen LogP contribution >= 0.6 is 0 Å². The summed E-state index contributed by atoms with van der Waals surface area (Å²) in [6.07, 6.45) is 13.7. The molecule has 0 aromatic heterocycles. The van der Waals surface area contributed by atoms with Crippen molar-refractivity contribution in [3.63, 3.8) is 0 Å². The molecule has 0 spiro atoms. The summed E-state index contributed by atoms with van der Waals surface area (Å²) in [6.45, 7) is 5.72. The molecule has 3 radical (unpaired) electrons. The van der Waals surface area contributed by atoms with Crippen LogP contribution in [0.4, 0.5) is 0 Å². The topological polar surface area (TPSA) is 0 Å². The number of fused-ring (bicyclic) bond motifs is 6. The Labute approximate surface area is 240 Å². The van der Waals surface area contributed by atoms with Crippen LogP contribution < -0.4 is 0 Å². The molecule has 0 amide bonds. The number of hydrogen-bond acceptors (Lipinski definition) is 0. The molecule has 0 saturated carbocycles. The molecular weight excluding hydrogens is 524 g/mol. The molecule has 0 nitrogen and oxygen atoms in total. The second-order valence-corrected chi connectivity index (χ2v) is 10.9. The first-order chi connectivity index (χ1) is 18.3. The van der Waals surface area contributed by atoms with Gasteiger partial charge >= 0.3 is 138 Å². The van der Waals surface area contributed by atoms with Crippen molar-refractivity contribution in [3.8, 4) is 22.3 Å². The summed E-state index contributed by atoms with van der Waals surface area (Å²) >= 11 is 1.69. The van der Waals surface area contributed by atoms with E-state index >= 15 is 0 Å². The average Bonchev–Trinajstić information content (AvgIpc) is 3.52. The third kappa shape index (κ3) is 7.20. The van der Waals surface area contributed by atoms with Gasteiger partial charge in [0, 0.05) is 6.42 Å². The van der Waals surface area contributed by atoms with Gasteiger partial charge in [0.2, 0.25) is 0 Å². The molecule has 0 aliphatic heterocycles. The number of benzene rings is 4. The average molecular weight is 562 g/mol. The molecule has 0 bridgehead atoms. The van der Waals surface area contributed by atoms with Crippen molar-refractivity contribution in [2.24, 2.45) is 0 Å². The van der Waals surface area contributed by atoms with Gasteiger partial charge in [-0.2, -0.15) is 0 Å². The summed E-state index contributed by atoms with van der Waals surface area (Å²) in [5.41, 5.74) is 12.6. The molecule has 0 atom stereocenters. The van der Waals surface area contributed by atoms with E-state index in [0.717, 1.165) is 6.42 Å². The van der Waals surface area contributed by atoms with Gasteiger partial charge in [0.25, 0.3) is 0 Å². The van der Waals surface area contributed by atoms with Crippen LogP contribution in [0.3, 0.4) is 0 Å². The van der Waals surface area contributed by atoms with Crippen molar-refractivity contribution in [1.29, 1.82) is 0 Å². The van der Waals surface area contributed by atoms with E-state index in [4.69, 9.17) is 0 Å². The number of aryl methyl sites for hydroxylation is 1. The molecule has 4 aromatic carbocycles. The minimum atomic E-state index is 1.07. The molecule has 2 aliphatic rings. The van der Waals surface area contributed by atoms with Gasteiger partial charge in [-0.3, -0.25) is 0 Å². The van der Waals surface area contributed by atoms with Crippen LogP contribution in [0.1, 0.15) is 73.3 Å². The normalized spacial score (nSPS) is 11.7. The van der Waals surface area contributed by atoms with Crippen molar-refractivity contribution < 1.29 is 24.7 Å². The number of rotatable bonds is 7. The molecule has 0 fully saturated rings. The second kappa shape index (κ2) is 14.6. The minimum absolute atomic E-state index is 1.07. The SMILES string of the molecule is [CH2]CCC.[CH]1c2ccccc2-c2ccccc21.[Zr][CH2]CCCCCc1cccc2c1[CH]c1ccccc1-2. The Kier molecular flexibility index (Phi) is 11.0. The Morgan fingerprint density at radius 1 is 0.568 bits per heavy atom. The van der Waals surface area contributed by atoms with Crippen LogP contribution in [0.2, 0.25) is 4.13 Å². The van der Waals surface area contributed by atoms with E-state index in [1.165, 1.54) is 92.7 Å². The fourth-order valence-corrected chi connectivity index (χ4v) is 5.57. The third-order valence-electron chi connectivity index (χ3n) is 7.00. The van der Waals surface area contributed by atoms with Gasteiger partial charge in [-0.15, -0.1) is 0 Å². The van der Waals surface area contributed by atoms with E-state index in [0.29, 0.717) is 0 Å². The van der Waals surface area contributed by atoms with Gasteiger partial charge in [-0.25, -0.2) is 0 Å². The molecule has 0 unspecified atom stereocenters. The molecule has 4 aromatic rings. The molecule has 0 N–H and O–H groups in total. The van der Waals surface area contributed by atoms with E-state index in [1.54, 1.807) is 24.7 Å². The molecular formula is C36H38Zr. The van der Waals surface area contributed by atoms with Gasteiger partial charge in [-0.05, 0) is 22.3 Å². The van der Waals surface area contributed by atoms with Crippen LogP contribution in [-0.2, 0) is 31.1 Å². The monoisotopic (exact) mass is 560 g/mol. The molecule has 186 valence electrons. The fourth-order valence-electron chi connectivity index (χ4n) is 4.96. The van der Waals surface area contributed by atoms with E-state index < -0.39 is 0 Å². The Bertz CT molecular complexity index is 1220. The molecule has 0 heterocycles. The Balaban J connectivity index is 0.000000161. The standard InChI is InChI=1S/C19H20.C13H9.C4H9.Zr/c1-2-3-4-5-9-15-11-8-13-18-17-12-7-6-10-16(17)14-19(15)18;1-3-7-12-10(5-1)9-11-6-2-4-8-13(11)12;1-3-4-2;/h6-8,10-14H,1-5,9H2;1-9H;1,3-4H2,2H3;. The zero-order valence-electron chi connectivity index (χ0n) is 22.2. The van der Waals surface area contributed by atoms with Gasteiger partial charge in [-0.1, -0.05) is 75.2 Å². The van der Waals surface area contributed by atoms with Crippen molar-refractivity contribution in [2.75, 3.05) is 0 Å². The maximum atomic E-state index is 3.60. The molecule has 1 heteroatoms. The van der Waals surface area contributed by atoms with Crippen molar-refractivity contribution in [3.05, 3.63) is 139 Å². The first-order valence-electron chi connectivity index (χ1n) is 13.8. The van der Waals surface area contributed by atoms with E-state index in [9.17, 15) is 0 Å². The van der Waals surface area contributed by atoms with Crippen molar-refractivity contribution in [1.82, 2.24) is 0 Å². The maximum absolute atomic E-state index is 3.60. The van der Waals surface area contributed by atoms with Crippen LogP contribution in [0.25, 0.3) is 22.3 Å². The van der Waals surface area contributed by atoms with Crippen LogP contribution in [0.15, 0.2) is 91.0 Å². The Morgan fingerprint density at radius 2 is 1.05 bits per heavy atom. The summed E-state index contributed by atoms with van der Waals surface area (Å²) in [5, 5.41) is 0. The van der Waals surface area contributed by atoms with Gasteiger partial charge < -0.3 is 0 Å². The molecule has 6 rings (SSSR count). The molecule has 37 heavy (non-hydrogen) atoms. The molecule has 0 saturated heterocycles. The summed E-state index contributed by atoms with van der Waals surface area (Å²) < 4.78 is 1.41. The summed E-state index contributed by atoms with van der Waals surface area (Å²) in [7, 11) is 0. The zero-order chi connectivity index (χ0) is 25.9. The van der Waals surface area contributed by atoms with E-state index in [-0.39, 0.29) is 0 Å². The van der Waals surface area contributed by atoms with E-state index in [1.807, 2.05) is 0 Å². The van der Waals surface area contributed by atoms with Gasteiger partial charge in [0.05, 0.1) is 0 Å². The second-order valence-electron chi connectivity index (χ2n) is 9.70. The summed E-state index contributed by atoms with van der Waals surface area (Å²) in [5.74, 6) is 0. The summed E-state index contributed by atoms with van der Waals surface area (Å²) in [6, 6.07) is 32.6. The number of unbranched alkanes of at least 4 members (excludes halogenated alkanes) is 4. The predicted molar refractivity (Wildman–Crippen MR) is 156 cm³/mol. The van der Waals surface area contributed by atoms with Gasteiger partial charge in [0.15, 0.2) is 0 Å². The zero-order valence-corrected chi connectivity index (χ0v) is 24.6. The third-order valence-corrected chi connectivity index (χ3v) is 7.87. The summed E-state index contributed by atoms with van der Waals surface area (Å²) in [4.78, 5) is 0. The van der Waals surface area contributed by atoms with Crippen molar-refractivity contribution >= 4 is 0 Å². The first-order valence-corrected chi connectivity index (χ1v) is 15.5. The molecule has 2 aliphatic carbocycles. The first kappa shape index (κ1) is 27.8. The Morgan fingerprint density at radius 3 is 1.62 bits per heavy atom. The van der Waals surface area contributed by atoms with E-state index in [2.05, 4.69) is 118 Å².